The van der Waals surface area contributed by atoms with Gasteiger partial charge in [-0.2, -0.15) is 0 Å². The van der Waals surface area contributed by atoms with Gasteiger partial charge in [0.15, 0.2) is 6.29 Å². The number of hydrogen-bond donors (Lipinski definition) is 0. The summed E-state index contributed by atoms with van der Waals surface area (Å²) in [6.07, 6.45) is 5.50. The summed E-state index contributed by atoms with van der Waals surface area (Å²) in [5.74, 6) is 0. The van der Waals surface area contributed by atoms with Gasteiger partial charge in [-0.15, -0.1) is 0 Å². The van der Waals surface area contributed by atoms with Gasteiger partial charge >= 0.3 is 0 Å². The molecule has 64 valence electrons. The smallest absolute Gasteiger partial charge is 0.157 e. The molecular formula is C8H13IO2. The molecule has 1 aliphatic heterocycles. The summed E-state index contributed by atoms with van der Waals surface area (Å²) in [6, 6.07) is 0. The van der Waals surface area contributed by atoms with Crippen LogP contribution in [0.5, 0.6) is 0 Å². The fourth-order valence-corrected chi connectivity index (χ4v) is 1.25. The first-order valence-electron chi connectivity index (χ1n) is 3.92. The molecule has 3 heteroatoms. The third-order valence-electron chi connectivity index (χ3n) is 1.61. The second-order valence-electron chi connectivity index (χ2n) is 2.49. The van der Waals surface area contributed by atoms with E-state index in [-0.39, 0.29) is 6.29 Å². The van der Waals surface area contributed by atoms with Crippen molar-refractivity contribution in [2.75, 3.05) is 13.2 Å². The Morgan fingerprint density at radius 2 is 2.45 bits per heavy atom. The molecule has 11 heavy (non-hydrogen) atoms. The summed E-state index contributed by atoms with van der Waals surface area (Å²) in [5, 5.41) is 0. The quantitative estimate of drug-likeness (QED) is 0.732. The maximum atomic E-state index is 5.41. The molecule has 0 amide bonds. The third-order valence-corrected chi connectivity index (χ3v) is 2.11. The molecule has 0 aromatic rings. The molecule has 0 aromatic carbocycles. The summed E-state index contributed by atoms with van der Waals surface area (Å²) < 4.78 is 12.7. The summed E-state index contributed by atoms with van der Waals surface area (Å²) in [4.78, 5) is 0. The standard InChI is InChI=1S/C8H13IO2/c9-5-3-7-11-8-4-1-2-6-10-8/h3,5,8H,1-2,4,6-7H2/b5-3-/t8-/m0/s1. The molecule has 1 saturated heterocycles. The molecular weight excluding hydrogens is 255 g/mol. The summed E-state index contributed by atoms with van der Waals surface area (Å²) in [6.45, 7) is 1.53. The highest BCUT2D eigenvalue weighted by atomic mass is 127. The first-order valence-corrected chi connectivity index (χ1v) is 5.16. The van der Waals surface area contributed by atoms with Crippen LogP contribution in [0.1, 0.15) is 19.3 Å². The Morgan fingerprint density at radius 1 is 1.55 bits per heavy atom. The van der Waals surface area contributed by atoms with E-state index in [9.17, 15) is 0 Å². The van der Waals surface area contributed by atoms with E-state index in [0.29, 0.717) is 6.61 Å². The minimum atomic E-state index is 0.0522. The zero-order valence-corrected chi connectivity index (χ0v) is 8.62. The van der Waals surface area contributed by atoms with Gasteiger partial charge in [-0.05, 0) is 23.3 Å². The van der Waals surface area contributed by atoms with Crippen molar-refractivity contribution in [3.63, 3.8) is 0 Å². The average Bonchev–Trinajstić information content (AvgIpc) is 2.07. The lowest BCUT2D eigenvalue weighted by Crippen LogP contribution is -2.22. The lowest BCUT2D eigenvalue weighted by atomic mass is 10.2. The van der Waals surface area contributed by atoms with Crippen LogP contribution in [-0.4, -0.2) is 19.5 Å². The summed E-state index contributed by atoms with van der Waals surface area (Å²) in [7, 11) is 0. The number of ether oxygens (including phenoxy) is 2. The molecule has 0 bridgehead atoms. The second kappa shape index (κ2) is 5.97. The highest BCUT2D eigenvalue weighted by molar-refractivity contribution is 14.1. The van der Waals surface area contributed by atoms with E-state index in [4.69, 9.17) is 9.47 Å². The van der Waals surface area contributed by atoms with Crippen LogP contribution in [0.3, 0.4) is 0 Å². The molecule has 1 atom stereocenters. The van der Waals surface area contributed by atoms with Crippen LogP contribution in [0.2, 0.25) is 0 Å². The highest BCUT2D eigenvalue weighted by Crippen LogP contribution is 2.13. The Bertz CT molecular complexity index is 119. The minimum Gasteiger partial charge on any atom is -0.353 e. The molecule has 2 nitrogen and oxygen atoms in total. The van der Waals surface area contributed by atoms with Gasteiger partial charge in [0.05, 0.1) is 6.61 Å². The van der Waals surface area contributed by atoms with Crippen LogP contribution in [0.15, 0.2) is 10.2 Å². The van der Waals surface area contributed by atoms with Crippen LogP contribution in [0, 0.1) is 0 Å². The molecule has 0 N–H and O–H groups in total. The highest BCUT2D eigenvalue weighted by Gasteiger charge is 2.12. The summed E-state index contributed by atoms with van der Waals surface area (Å²) >= 11 is 2.18. The van der Waals surface area contributed by atoms with Crippen LogP contribution in [-0.2, 0) is 9.47 Å². The molecule has 1 heterocycles. The van der Waals surface area contributed by atoms with Crippen molar-refractivity contribution in [2.45, 2.75) is 25.6 Å². The third kappa shape index (κ3) is 4.08. The van der Waals surface area contributed by atoms with Crippen molar-refractivity contribution in [3.05, 3.63) is 10.2 Å². The summed E-state index contributed by atoms with van der Waals surface area (Å²) in [5.41, 5.74) is 0. The van der Waals surface area contributed by atoms with E-state index in [2.05, 4.69) is 22.6 Å². The van der Waals surface area contributed by atoms with Crippen LogP contribution in [0.25, 0.3) is 0 Å². The van der Waals surface area contributed by atoms with Crippen molar-refractivity contribution >= 4 is 22.6 Å². The Kier molecular flexibility index (Phi) is 5.14. The topological polar surface area (TPSA) is 18.5 Å². The predicted molar refractivity (Wildman–Crippen MR) is 52.7 cm³/mol. The molecule has 0 spiro atoms. The van der Waals surface area contributed by atoms with Gasteiger partial charge in [-0.3, -0.25) is 0 Å². The Balaban J connectivity index is 2.04. The van der Waals surface area contributed by atoms with Crippen LogP contribution in [0.4, 0.5) is 0 Å². The fourth-order valence-electron chi connectivity index (χ4n) is 1.04. The first kappa shape index (κ1) is 9.48. The number of rotatable bonds is 3. The molecule has 1 aliphatic rings. The fraction of sp³-hybridized carbons (Fsp3) is 0.750. The molecule has 0 radical (unpaired) electrons. The van der Waals surface area contributed by atoms with E-state index in [1.54, 1.807) is 0 Å². The van der Waals surface area contributed by atoms with Crippen LogP contribution >= 0.6 is 22.6 Å². The predicted octanol–water partition coefficient (Wildman–Crippen LogP) is 2.48. The molecule has 0 unspecified atom stereocenters. The van der Waals surface area contributed by atoms with Gasteiger partial charge in [0.25, 0.3) is 0 Å². The second-order valence-corrected chi connectivity index (χ2v) is 3.21. The van der Waals surface area contributed by atoms with Crippen molar-refractivity contribution in [2.24, 2.45) is 0 Å². The SMILES string of the molecule is I/C=C\CO[C@H]1CCCCO1. The van der Waals surface area contributed by atoms with Crippen LogP contribution < -0.4 is 0 Å². The number of hydrogen-bond acceptors (Lipinski definition) is 2. The maximum Gasteiger partial charge on any atom is 0.157 e. The largest absolute Gasteiger partial charge is 0.353 e. The van der Waals surface area contributed by atoms with Crippen molar-refractivity contribution < 1.29 is 9.47 Å². The van der Waals surface area contributed by atoms with E-state index in [1.807, 2.05) is 10.2 Å². The molecule has 0 aliphatic carbocycles. The average molecular weight is 268 g/mol. The van der Waals surface area contributed by atoms with Crippen molar-refractivity contribution in [3.8, 4) is 0 Å². The Morgan fingerprint density at radius 3 is 3.09 bits per heavy atom. The van der Waals surface area contributed by atoms with E-state index < -0.39 is 0 Å². The Hall–Kier alpha value is 0.390. The van der Waals surface area contributed by atoms with E-state index in [1.165, 1.54) is 12.8 Å². The zero-order valence-electron chi connectivity index (χ0n) is 6.46. The van der Waals surface area contributed by atoms with Gasteiger partial charge in [-0.25, -0.2) is 0 Å². The lowest BCUT2D eigenvalue weighted by Gasteiger charge is -2.21. The maximum absolute atomic E-state index is 5.41. The minimum absolute atomic E-state index is 0.0522. The van der Waals surface area contributed by atoms with Gasteiger partial charge in [-0.1, -0.05) is 28.7 Å². The van der Waals surface area contributed by atoms with E-state index in [0.717, 1.165) is 13.0 Å². The molecule has 1 rings (SSSR count). The zero-order chi connectivity index (χ0) is 7.94. The molecule has 1 fully saturated rings. The van der Waals surface area contributed by atoms with E-state index >= 15 is 0 Å². The normalized spacial score (nSPS) is 26.1. The molecule has 0 aromatic heterocycles. The van der Waals surface area contributed by atoms with Gasteiger partial charge in [0.1, 0.15) is 0 Å². The van der Waals surface area contributed by atoms with Gasteiger partial charge in [0.2, 0.25) is 0 Å². The molecule has 0 saturated carbocycles. The van der Waals surface area contributed by atoms with Gasteiger partial charge in [0, 0.05) is 6.61 Å². The van der Waals surface area contributed by atoms with Crippen molar-refractivity contribution in [1.82, 2.24) is 0 Å². The monoisotopic (exact) mass is 268 g/mol. The number of halogens is 1. The van der Waals surface area contributed by atoms with Crippen molar-refractivity contribution in [1.29, 1.82) is 0 Å². The lowest BCUT2D eigenvalue weighted by molar-refractivity contribution is -0.155. The van der Waals surface area contributed by atoms with Gasteiger partial charge < -0.3 is 9.47 Å². The Labute approximate surface area is 81.1 Å². The first-order chi connectivity index (χ1) is 5.43.